The van der Waals surface area contributed by atoms with E-state index in [1.165, 1.54) is 18.2 Å². The third-order valence-corrected chi connectivity index (χ3v) is 3.90. The van der Waals surface area contributed by atoms with E-state index in [-0.39, 0.29) is 17.6 Å². The fourth-order valence-corrected chi connectivity index (χ4v) is 2.44. The van der Waals surface area contributed by atoms with E-state index in [0.29, 0.717) is 16.9 Å². The van der Waals surface area contributed by atoms with E-state index in [1.54, 1.807) is 42.5 Å². The second-order valence-corrected chi connectivity index (χ2v) is 6.08. The zero-order chi connectivity index (χ0) is 19.2. The van der Waals surface area contributed by atoms with Gasteiger partial charge >= 0.3 is 6.61 Å². The van der Waals surface area contributed by atoms with Crippen LogP contribution in [0.25, 0.3) is 6.08 Å². The first kappa shape index (κ1) is 18.6. The molecule has 27 heavy (non-hydrogen) atoms. The molecule has 1 aliphatic rings. The van der Waals surface area contributed by atoms with Crippen LogP contribution >= 0.6 is 0 Å². The van der Waals surface area contributed by atoms with Crippen LogP contribution in [0.1, 0.15) is 18.4 Å². The van der Waals surface area contributed by atoms with Crippen LogP contribution < -0.4 is 15.4 Å². The molecule has 0 radical (unpaired) electrons. The van der Waals surface area contributed by atoms with Gasteiger partial charge in [-0.3, -0.25) is 9.59 Å². The zero-order valence-electron chi connectivity index (χ0n) is 14.3. The predicted octanol–water partition coefficient (Wildman–Crippen LogP) is 4.29. The van der Waals surface area contributed by atoms with Gasteiger partial charge < -0.3 is 15.4 Å². The molecule has 2 N–H and O–H groups in total. The van der Waals surface area contributed by atoms with Crippen LogP contribution in [0.3, 0.4) is 0 Å². The van der Waals surface area contributed by atoms with E-state index in [9.17, 15) is 18.4 Å². The Morgan fingerprint density at radius 1 is 1.04 bits per heavy atom. The van der Waals surface area contributed by atoms with Gasteiger partial charge in [0.1, 0.15) is 5.75 Å². The second kappa shape index (κ2) is 8.44. The Balaban J connectivity index is 1.62. The van der Waals surface area contributed by atoms with Crippen LogP contribution in [0.2, 0.25) is 0 Å². The maximum Gasteiger partial charge on any atom is 0.387 e. The molecule has 3 rings (SSSR count). The number of carbonyl (C=O) groups excluding carboxylic acids is 2. The summed E-state index contributed by atoms with van der Waals surface area (Å²) >= 11 is 0. The standard InChI is InChI=1S/C20H18F2N2O3/c21-20(22)27-17-7-2-1-4-13(17)10-11-18(25)23-15-5-3-6-16(12-15)24-19(26)14-8-9-14/h1-7,10-12,14,20H,8-9H2,(H,23,25)(H,24,26)/b11-10+. The molecule has 1 saturated carbocycles. The first-order chi connectivity index (χ1) is 13.0. The number of carbonyl (C=O) groups is 2. The van der Waals surface area contributed by atoms with Gasteiger partial charge in [0.15, 0.2) is 0 Å². The summed E-state index contributed by atoms with van der Waals surface area (Å²) in [6.07, 6.45) is 4.43. The average Bonchev–Trinajstić information content (AvgIpc) is 3.46. The van der Waals surface area contributed by atoms with Gasteiger partial charge in [-0.05, 0) is 43.2 Å². The Morgan fingerprint density at radius 2 is 1.74 bits per heavy atom. The summed E-state index contributed by atoms with van der Waals surface area (Å²) in [6, 6.07) is 13.0. The zero-order valence-corrected chi connectivity index (χ0v) is 14.3. The molecule has 5 nitrogen and oxygen atoms in total. The minimum absolute atomic E-state index is 0.0127. The number of hydrogen-bond acceptors (Lipinski definition) is 3. The lowest BCUT2D eigenvalue weighted by Crippen LogP contribution is -2.14. The summed E-state index contributed by atoms with van der Waals surface area (Å²) < 4.78 is 29.2. The monoisotopic (exact) mass is 372 g/mol. The van der Waals surface area contributed by atoms with Gasteiger partial charge in [-0.1, -0.05) is 24.3 Å². The van der Waals surface area contributed by atoms with E-state index in [4.69, 9.17) is 0 Å². The fraction of sp³-hybridized carbons (Fsp3) is 0.200. The first-order valence-electron chi connectivity index (χ1n) is 8.45. The van der Waals surface area contributed by atoms with Crippen molar-refractivity contribution in [2.24, 2.45) is 5.92 Å². The van der Waals surface area contributed by atoms with E-state index in [0.717, 1.165) is 12.8 Å². The maximum atomic E-state index is 12.4. The van der Waals surface area contributed by atoms with Crippen LogP contribution in [0.4, 0.5) is 20.2 Å². The van der Waals surface area contributed by atoms with Crippen molar-refractivity contribution in [3.05, 3.63) is 60.2 Å². The van der Waals surface area contributed by atoms with Gasteiger partial charge in [0, 0.05) is 28.9 Å². The highest BCUT2D eigenvalue weighted by Gasteiger charge is 2.29. The molecule has 0 bridgehead atoms. The van der Waals surface area contributed by atoms with Crippen molar-refractivity contribution in [2.45, 2.75) is 19.5 Å². The number of anilines is 2. The molecule has 1 aliphatic carbocycles. The van der Waals surface area contributed by atoms with Gasteiger partial charge in [0.05, 0.1) is 0 Å². The smallest absolute Gasteiger partial charge is 0.387 e. The van der Waals surface area contributed by atoms with Gasteiger partial charge in [-0.2, -0.15) is 8.78 Å². The molecule has 0 atom stereocenters. The lowest BCUT2D eigenvalue weighted by Gasteiger charge is -2.08. The van der Waals surface area contributed by atoms with Crippen LogP contribution in [-0.2, 0) is 9.59 Å². The van der Waals surface area contributed by atoms with Crippen LogP contribution in [0, 0.1) is 5.92 Å². The van der Waals surface area contributed by atoms with Crippen LogP contribution in [0.5, 0.6) is 5.75 Å². The predicted molar refractivity (Wildman–Crippen MR) is 98.5 cm³/mol. The summed E-state index contributed by atoms with van der Waals surface area (Å²) in [7, 11) is 0. The molecular weight excluding hydrogens is 354 g/mol. The Bertz CT molecular complexity index is 864. The molecule has 1 fully saturated rings. The van der Waals surface area contributed by atoms with Gasteiger partial charge in [-0.15, -0.1) is 0 Å². The van der Waals surface area contributed by atoms with E-state index >= 15 is 0 Å². The minimum atomic E-state index is -2.94. The molecule has 0 saturated heterocycles. The average molecular weight is 372 g/mol. The maximum absolute atomic E-state index is 12.4. The summed E-state index contributed by atoms with van der Waals surface area (Å²) in [5.74, 6) is -0.385. The largest absolute Gasteiger partial charge is 0.434 e. The van der Waals surface area contributed by atoms with Crippen molar-refractivity contribution in [2.75, 3.05) is 10.6 Å². The highest BCUT2D eigenvalue weighted by atomic mass is 19.3. The van der Waals surface area contributed by atoms with Crippen molar-refractivity contribution in [3.63, 3.8) is 0 Å². The van der Waals surface area contributed by atoms with E-state index < -0.39 is 12.5 Å². The van der Waals surface area contributed by atoms with Crippen LogP contribution in [0.15, 0.2) is 54.6 Å². The molecule has 0 unspecified atom stereocenters. The number of halogens is 2. The number of para-hydroxylation sites is 1. The molecular formula is C20H18F2N2O3. The SMILES string of the molecule is O=C(/C=C/c1ccccc1OC(F)F)Nc1cccc(NC(=O)C2CC2)c1. The van der Waals surface area contributed by atoms with Crippen LogP contribution in [-0.4, -0.2) is 18.4 Å². The summed E-state index contributed by atoms with van der Waals surface area (Å²) in [6.45, 7) is -2.94. The van der Waals surface area contributed by atoms with Crippen molar-refractivity contribution < 1.29 is 23.1 Å². The summed E-state index contributed by atoms with van der Waals surface area (Å²) in [5.41, 5.74) is 1.47. The quantitative estimate of drug-likeness (QED) is 0.713. The van der Waals surface area contributed by atoms with Gasteiger partial charge in [0.25, 0.3) is 0 Å². The highest BCUT2D eigenvalue weighted by molar-refractivity contribution is 6.02. The minimum Gasteiger partial charge on any atom is -0.434 e. The van der Waals surface area contributed by atoms with Crippen molar-refractivity contribution >= 4 is 29.3 Å². The number of amides is 2. The molecule has 2 amide bonds. The highest BCUT2D eigenvalue weighted by Crippen LogP contribution is 2.30. The number of nitrogens with one attached hydrogen (secondary N) is 2. The Kier molecular flexibility index (Phi) is 5.80. The molecule has 0 aromatic heterocycles. The molecule has 7 heteroatoms. The summed E-state index contributed by atoms with van der Waals surface area (Å²) in [4.78, 5) is 23.9. The first-order valence-corrected chi connectivity index (χ1v) is 8.45. The molecule has 0 aliphatic heterocycles. The summed E-state index contributed by atoms with van der Waals surface area (Å²) in [5, 5.41) is 5.47. The number of benzene rings is 2. The Hall–Kier alpha value is -3.22. The Morgan fingerprint density at radius 3 is 2.44 bits per heavy atom. The van der Waals surface area contributed by atoms with E-state index in [2.05, 4.69) is 15.4 Å². The molecule has 0 spiro atoms. The van der Waals surface area contributed by atoms with Crippen molar-refractivity contribution in [3.8, 4) is 5.75 Å². The molecule has 140 valence electrons. The molecule has 2 aromatic rings. The topological polar surface area (TPSA) is 67.4 Å². The van der Waals surface area contributed by atoms with Crippen molar-refractivity contribution in [1.82, 2.24) is 0 Å². The van der Waals surface area contributed by atoms with Gasteiger partial charge in [-0.25, -0.2) is 0 Å². The fourth-order valence-electron chi connectivity index (χ4n) is 2.44. The Labute approximate surface area is 155 Å². The number of alkyl halides is 2. The third-order valence-electron chi connectivity index (χ3n) is 3.90. The molecule has 2 aromatic carbocycles. The third kappa shape index (κ3) is 5.64. The number of rotatable bonds is 7. The lowest BCUT2D eigenvalue weighted by molar-refractivity contribution is -0.117. The normalized spacial score (nSPS) is 13.6. The molecule has 0 heterocycles. The number of ether oxygens (including phenoxy) is 1. The lowest BCUT2D eigenvalue weighted by atomic mass is 10.2. The second-order valence-electron chi connectivity index (χ2n) is 6.08. The van der Waals surface area contributed by atoms with Crippen molar-refractivity contribution in [1.29, 1.82) is 0 Å². The van der Waals surface area contributed by atoms with E-state index in [1.807, 2.05) is 0 Å². The van der Waals surface area contributed by atoms with Gasteiger partial charge in [0.2, 0.25) is 11.8 Å². The number of hydrogen-bond donors (Lipinski definition) is 2.